The average Bonchev–Trinajstić information content (AvgIpc) is 2.22. The largest absolute Gasteiger partial charge is 0.391 e. The predicted molar refractivity (Wildman–Crippen MR) is 71.2 cm³/mol. The van der Waals surface area contributed by atoms with Gasteiger partial charge in [0.05, 0.1) is 12.2 Å². The molecule has 2 N–H and O–H groups in total. The lowest BCUT2D eigenvalue weighted by Gasteiger charge is -2.34. The van der Waals surface area contributed by atoms with Crippen LogP contribution in [0.3, 0.4) is 0 Å². The Bertz CT molecular complexity index is 249. The third-order valence-corrected chi connectivity index (χ3v) is 3.35. The Morgan fingerprint density at radius 3 is 2.67 bits per heavy atom. The van der Waals surface area contributed by atoms with Crippen LogP contribution in [-0.2, 0) is 9.53 Å². The van der Waals surface area contributed by atoms with Gasteiger partial charge in [-0.25, -0.2) is 0 Å². The van der Waals surface area contributed by atoms with Crippen molar-refractivity contribution in [2.45, 2.75) is 58.7 Å². The Labute approximate surface area is 110 Å². The summed E-state index contributed by atoms with van der Waals surface area (Å²) >= 11 is 0. The molecule has 0 saturated heterocycles. The van der Waals surface area contributed by atoms with Gasteiger partial charge >= 0.3 is 0 Å². The highest BCUT2D eigenvalue weighted by Gasteiger charge is 2.30. The van der Waals surface area contributed by atoms with Gasteiger partial charge in [-0.2, -0.15) is 0 Å². The standard InChI is InChI=1S/C14H27NO3/c1-4-18-13-6-11(7-13)8-14(17)15-9-12(16)5-10(2)3/h10-13,16H,4-9H2,1-3H3,(H,15,17). The number of aliphatic hydroxyl groups excluding tert-OH is 1. The number of hydrogen-bond acceptors (Lipinski definition) is 3. The van der Waals surface area contributed by atoms with Crippen molar-refractivity contribution in [2.75, 3.05) is 13.2 Å². The van der Waals surface area contributed by atoms with Crippen molar-refractivity contribution in [2.24, 2.45) is 11.8 Å². The van der Waals surface area contributed by atoms with Crippen LogP contribution >= 0.6 is 0 Å². The third-order valence-electron chi connectivity index (χ3n) is 3.35. The highest BCUT2D eigenvalue weighted by molar-refractivity contribution is 5.76. The van der Waals surface area contributed by atoms with Crippen LogP contribution in [0.25, 0.3) is 0 Å². The van der Waals surface area contributed by atoms with Crippen molar-refractivity contribution in [3.63, 3.8) is 0 Å². The lowest BCUT2D eigenvalue weighted by molar-refractivity contribution is -0.124. The van der Waals surface area contributed by atoms with E-state index in [0.717, 1.165) is 25.9 Å². The first-order chi connectivity index (χ1) is 8.51. The molecule has 0 radical (unpaired) electrons. The van der Waals surface area contributed by atoms with Crippen LogP contribution in [0.2, 0.25) is 0 Å². The molecule has 0 spiro atoms. The molecular weight excluding hydrogens is 230 g/mol. The van der Waals surface area contributed by atoms with Crippen molar-refractivity contribution in [1.82, 2.24) is 5.32 Å². The van der Waals surface area contributed by atoms with Crippen LogP contribution in [0.15, 0.2) is 0 Å². The van der Waals surface area contributed by atoms with E-state index in [0.29, 0.717) is 30.9 Å². The third kappa shape index (κ3) is 5.83. The average molecular weight is 257 g/mol. The molecule has 18 heavy (non-hydrogen) atoms. The highest BCUT2D eigenvalue weighted by Crippen LogP contribution is 2.32. The number of hydrogen-bond donors (Lipinski definition) is 2. The Balaban J connectivity index is 2.05. The fourth-order valence-electron chi connectivity index (χ4n) is 2.41. The number of amides is 1. The SMILES string of the molecule is CCOC1CC(CC(=O)NCC(O)CC(C)C)C1. The molecule has 0 aromatic rings. The van der Waals surface area contributed by atoms with Crippen LogP contribution in [0.4, 0.5) is 0 Å². The Hall–Kier alpha value is -0.610. The summed E-state index contributed by atoms with van der Waals surface area (Å²) in [5.74, 6) is 0.969. The molecule has 1 saturated carbocycles. The number of nitrogens with one attached hydrogen (secondary N) is 1. The minimum Gasteiger partial charge on any atom is -0.391 e. The topological polar surface area (TPSA) is 58.6 Å². The fourth-order valence-corrected chi connectivity index (χ4v) is 2.41. The molecule has 0 bridgehead atoms. The van der Waals surface area contributed by atoms with Gasteiger partial charge in [0, 0.05) is 19.6 Å². The van der Waals surface area contributed by atoms with Crippen LogP contribution in [0.1, 0.15) is 46.5 Å². The van der Waals surface area contributed by atoms with Crippen molar-refractivity contribution in [3.8, 4) is 0 Å². The molecule has 1 fully saturated rings. The molecular formula is C14H27NO3. The van der Waals surface area contributed by atoms with Gasteiger partial charge < -0.3 is 15.2 Å². The molecule has 1 unspecified atom stereocenters. The normalized spacial score (nSPS) is 24.7. The summed E-state index contributed by atoms with van der Waals surface area (Å²) in [6.45, 7) is 7.25. The van der Waals surface area contributed by atoms with Crippen LogP contribution in [0.5, 0.6) is 0 Å². The van der Waals surface area contributed by atoms with E-state index in [1.54, 1.807) is 0 Å². The number of carbonyl (C=O) groups is 1. The smallest absolute Gasteiger partial charge is 0.220 e. The molecule has 1 amide bonds. The first-order valence-corrected chi connectivity index (χ1v) is 7.07. The number of ether oxygens (including phenoxy) is 1. The molecule has 4 nitrogen and oxygen atoms in total. The number of aliphatic hydroxyl groups is 1. The summed E-state index contributed by atoms with van der Waals surface area (Å²) in [5.41, 5.74) is 0. The Morgan fingerprint density at radius 1 is 1.44 bits per heavy atom. The fraction of sp³-hybridized carbons (Fsp3) is 0.929. The zero-order chi connectivity index (χ0) is 13.5. The molecule has 4 heteroatoms. The van der Waals surface area contributed by atoms with Crippen LogP contribution in [-0.4, -0.2) is 36.4 Å². The van der Waals surface area contributed by atoms with E-state index in [1.807, 2.05) is 6.92 Å². The van der Waals surface area contributed by atoms with E-state index >= 15 is 0 Å². The van der Waals surface area contributed by atoms with E-state index in [2.05, 4.69) is 19.2 Å². The lowest BCUT2D eigenvalue weighted by Crippen LogP contribution is -2.38. The van der Waals surface area contributed by atoms with Crippen molar-refractivity contribution < 1.29 is 14.6 Å². The maximum Gasteiger partial charge on any atom is 0.220 e. The Kier molecular flexibility index (Phi) is 6.65. The molecule has 1 rings (SSSR count). The van der Waals surface area contributed by atoms with Gasteiger partial charge in [-0.1, -0.05) is 13.8 Å². The van der Waals surface area contributed by atoms with E-state index < -0.39 is 6.10 Å². The molecule has 0 aromatic heterocycles. The quantitative estimate of drug-likeness (QED) is 0.696. The maximum absolute atomic E-state index is 11.6. The van der Waals surface area contributed by atoms with Crippen LogP contribution in [0, 0.1) is 11.8 Å². The van der Waals surface area contributed by atoms with Gasteiger partial charge in [0.15, 0.2) is 0 Å². The van der Waals surface area contributed by atoms with Crippen molar-refractivity contribution >= 4 is 5.91 Å². The second kappa shape index (κ2) is 7.74. The van der Waals surface area contributed by atoms with Gasteiger partial charge in [0.2, 0.25) is 5.91 Å². The molecule has 0 heterocycles. The minimum atomic E-state index is -0.425. The summed E-state index contributed by atoms with van der Waals surface area (Å²) in [4.78, 5) is 11.6. The summed E-state index contributed by atoms with van der Waals surface area (Å²) in [7, 11) is 0. The summed E-state index contributed by atoms with van der Waals surface area (Å²) in [6, 6.07) is 0. The van der Waals surface area contributed by atoms with Crippen molar-refractivity contribution in [3.05, 3.63) is 0 Å². The van der Waals surface area contributed by atoms with Gasteiger partial charge in [0.1, 0.15) is 0 Å². The summed E-state index contributed by atoms with van der Waals surface area (Å²) in [5, 5.41) is 12.5. The molecule has 0 aliphatic heterocycles. The second-order valence-electron chi connectivity index (χ2n) is 5.71. The van der Waals surface area contributed by atoms with Gasteiger partial charge in [-0.15, -0.1) is 0 Å². The van der Waals surface area contributed by atoms with E-state index in [1.165, 1.54) is 0 Å². The van der Waals surface area contributed by atoms with E-state index in [4.69, 9.17) is 4.74 Å². The van der Waals surface area contributed by atoms with Gasteiger partial charge in [-0.05, 0) is 38.0 Å². The summed E-state index contributed by atoms with van der Waals surface area (Å²) < 4.78 is 5.46. The monoisotopic (exact) mass is 257 g/mol. The van der Waals surface area contributed by atoms with E-state index in [9.17, 15) is 9.90 Å². The van der Waals surface area contributed by atoms with Crippen LogP contribution < -0.4 is 5.32 Å². The predicted octanol–water partition coefficient (Wildman–Crippen LogP) is 1.71. The maximum atomic E-state index is 11.6. The van der Waals surface area contributed by atoms with Gasteiger partial charge in [0.25, 0.3) is 0 Å². The first kappa shape index (κ1) is 15.4. The first-order valence-electron chi connectivity index (χ1n) is 7.07. The minimum absolute atomic E-state index is 0.0535. The van der Waals surface area contributed by atoms with Gasteiger partial charge in [-0.3, -0.25) is 4.79 Å². The molecule has 0 aromatic carbocycles. The van der Waals surface area contributed by atoms with Crippen molar-refractivity contribution in [1.29, 1.82) is 0 Å². The molecule has 1 atom stereocenters. The molecule has 106 valence electrons. The summed E-state index contributed by atoms with van der Waals surface area (Å²) in [6.07, 6.45) is 3.23. The van der Waals surface area contributed by atoms with E-state index in [-0.39, 0.29) is 5.91 Å². The lowest BCUT2D eigenvalue weighted by atomic mass is 9.80. The zero-order valence-corrected chi connectivity index (χ0v) is 11.8. The molecule has 1 aliphatic rings. The highest BCUT2D eigenvalue weighted by atomic mass is 16.5. The number of rotatable bonds is 8. The molecule has 1 aliphatic carbocycles. The Morgan fingerprint density at radius 2 is 2.11 bits per heavy atom. The number of carbonyl (C=O) groups excluding carboxylic acids is 1. The second-order valence-corrected chi connectivity index (χ2v) is 5.71. The zero-order valence-electron chi connectivity index (χ0n) is 11.8.